The van der Waals surface area contributed by atoms with Gasteiger partial charge in [0.15, 0.2) is 5.01 Å². The van der Waals surface area contributed by atoms with E-state index in [4.69, 9.17) is 5.11 Å². The van der Waals surface area contributed by atoms with Crippen LogP contribution >= 0.6 is 11.3 Å². The van der Waals surface area contributed by atoms with E-state index in [2.05, 4.69) is 4.98 Å². The molecule has 6 heteroatoms. The van der Waals surface area contributed by atoms with E-state index >= 15 is 0 Å². The largest absolute Gasteiger partial charge is 0.481 e. The molecule has 0 aromatic carbocycles. The molecular weight excluding hydrogens is 200 g/mol. The number of alkyl halides is 2. The highest BCUT2D eigenvalue weighted by atomic mass is 32.1. The van der Waals surface area contributed by atoms with Crippen LogP contribution in [0.3, 0.4) is 0 Å². The summed E-state index contributed by atoms with van der Waals surface area (Å²) >= 11 is 0.774. The Hall–Kier alpha value is -1.04. The Morgan fingerprint density at radius 3 is 2.77 bits per heavy atom. The summed E-state index contributed by atoms with van der Waals surface area (Å²) in [4.78, 5) is 13.7. The molecule has 0 saturated heterocycles. The van der Waals surface area contributed by atoms with Gasteiger partial charge in [-0.3, -0.25) is 4.79 Å². The van der Waals surface area contributed by atoms with Gasteiger partial charge in [-0.25, -0.2) is 4.98 Å². The van der Waals surface area contributed by atoms with Crippen molar-refractivity contribution in [3.8, 4) is 0 Å². The second-order valence-corrected chi connectivity index (χ2v) is 3.46. The summed E-state index contributed by atoms with van der Waals surface area (Å²) in [5.74, 6) is -4.06. The van der Waals surface area contributed by atoms with Gasteiger partial charge in [-0.05, 0) is 0 Å². The minimum absolute atomic E-state index is 0.175. The number of nitrogens with zero attached hydrogens (tertiary/aromatic N) is 1. The molecule has 72 valence electrons. The van der Waals surface area contributed by atoms with Gasteiger partial charge in [-0.2, -0.15) is 8.78 Å². The fourth-order valence-corrected chi connectivity index (χ4v) is 1.51. The zero-order valence-corrected chi connectivity index (χ0v) is 7.57. The third-order valence-corrected chi connectivity index (χ3v) is 2.32. The van der Waals surface area contributed by atoms with Crippen molar-refractivity contribution in [1.82, 2.24) is 4.98 Å². The van der Waals surface area contributed by atoms with Crippen molar-refractivity contribution in [2.24, 2.45) is 0 Å². The van der Waals surface area contributed by atoms with Crippen LogP contribution in [0.2, 0.25) is 0 Å². The molecule has 3 nitrogen and oxygen atoms in total. The lowest BCUT2D eigenvalue weighted by atomic mass is 10.3. The molecule has 0 radical (unpaired) electrons. The maximum Gasteiger partial charge on any atom is 0.309 e. The normalized spacial score (nSPS) is 11.6. The summed E-state index contributed by atoms with van der Waals surface area (Å²) in [6, 6.07) is 0. The molecule has 0 amide bonds. The number of halogens is 2. The quantitative estimate of drug-likeness (QED) is 0.823. The molecule has 13 heavy (non-hydrogen) atoms. The first-order valence-corrected chi connectivity index (χ1v) is 4.32. The maximum atomic E-state index is 12.6. The van der Waals surface area contributed by atoms with Gasteiger partial charge < -0.3 is 5.11 Å². The van der Waals surface area contributed by atoms with Gasteiger partial charge in [0.05, 0.1) is 12.1 Å². The molecule has 0 aliphatic rings. The highest BCUT2D eigenvalue weighted by Crippen LogP contribution is 2.29. The molecule has 1 N–H and O–H groups in total. The van der Waals surface area contributed by atoms with Gasteiger partial charge >= 0.3 is 5.97 Å². The molecular formula is C7H7F2NO2S. The molecule has 0 fully saturated rings. The molecule has 1 rings (SSSR count). The van der Waals surface area contributed by atoms with E-state index in [0.717, 1.165) is 18.3 Å². The second-order valence-electron chi connectivity index (χ2n) is 2.60. The summed E-state index contributed by atoms with van der Waals surface area (Å²) in [5, 5.41) is 9.35. The molecule has 0 unspecified atom stereocenters. The van der Waals surface area contributed by atoms with Gasteiger partial charge in [0, 0.05) is 12.3 Å². The number of carboxylic acids is 1. The van der Waals surface area contributed by atoms with Gasteiger partial charge in [0.1, 0.15) is 0 Å². The van der Waals surface area contributed by atoms with Crippen molar-refractivity contribution < 1.29 is 18.7 Å². The fraction of sp³-hybridized carbons (Fsp3) is 0.429. The maximum absolute atomic E-state index is 12.6. The molecule has 1 aromatic heterocycles. The first-order valence-electron chi connectivity index (χ1n) is 3.44. The van der Waals surface area contributed by atoms with Crippen LogP contribution in [-0.4, -0.2) is 16.1 Å². The average molecular weight is 207 g/mol. The molecule has 0 atom stereocenters. The lowest BCUT2D eigenvalue weighted by Crippen LogP contribution is -2.07. The van der Waals surface area contributed by atoms with E-state index in [1.165, 1.54) is 5.38 Å². The van der Waals surface area contributed by atoms with Crippen LogP contribution in [-0.2, 0) is 17.1 Å². The topological polar surface area (TPSA) is 50.2 Å². The minimum atomic E-state index is -2.98. The predicted octanol–water partition coefficient (Wildman–Crippen LogP) is 1.88. The number of aliphatic carboxylic acids is 1. The Morgan fingerprint density at radius 2 is 2.38 bits per heavy atom. The Kier molecular flexibility index (Phi) is 2.60. The number of rotatable bonds is 3. The smallest absolute Gasteiger partial charge is 0.309 e. The Balaban J connectivity index is 2.81. The second kappa shape index (κ2) is 3.37. The highest BCUT2D eigenvalue weighted by Gasteiger charge is 2.28. The number of carbonyl (C=O) groups is 1. The van der Waals surface area contributed by atoms with E-state index in [1.807, 2.05) is 0 Å². The molecule has 0 saturated carbocycles. The SMILES string of the molecule is CC(F)(F)c1nc(CC(=O)O)cs1. The van der Waals surface area contributed by atoms with E-state index in [0.29, 0.717) is 0 Å². The van der Waals surface area contributed by atoms with E-state index in [-0.39, 0.29) is 17.1 Å². The van der Waals surface area contributed by atoms with Gasteiger partial charge in [0.2, 0.25) is 0 Å². The summed E-state index contributed by atoms with van der Waals surface area (Å²) in [6.07, 6.45) is -0.313. The third kappa shape index (κ3) is 2.73. The van der Waals surface area contributed by atoms with Crippen molar-refractivity contribution in [2.75, 3.05) is 0 Å². The van der Waals surface area contributed by atoms with Crippen LogP contribution in [0.4, 0.5) is 8.78 Å². The third-order valence-electron chi connectivity index (χ3n) is 1.26. The molecule has 0 aliphatic heterocycles. The van der Waals surface area contributed by atoms with Gasteiger partial charge in [0.25, 0.3) is 5.92 Å². The first-order chi connectivity index (χ1) is 5.89. The number of hydrogen-bond donors (Lipinski definition) is 1. The van der Waals surface area contributed by atoms with Crippen LogP contribution in [0.1, 0.15) is 17.6 Å². The standard InChI is InChI=1S/C7H7F2NO2S/c1-7(8,9)6-10-4(3-13-6)2-5(11)12/h3H,2H2,1H3,(H,11,12). The Labute approximate surface area is 77.0 Å². The predicted molar refractivity (Wildman–Crippen MR) is 43.0 cm³/mol. The summed E-state index contributed by atoms with van der Waals surface area (Å²) < 4.78 is 25.2. The van der Waals surface area contributed by atoms with Crippen LogP contribution in [0.5, 0.6) is 0 Å². The first kappa shape index (κ1) is 10.0. The molecule has 0 aliphatic carbocycles. The van der Waals surface area contributed by atoms with Crippen molar-refractivity contribution >= 4 is 17.3 Å². The lowest BCUT2D eigenvalue weighted by molar-refractivity contribution is -0.136. The zero-order chi connectivity index (χ0) is 10.1. The zero-order valence-electron chi connectivity index (χ0n) is 6.75. The number of thiazole rings is 1. The number of carboxylic acid groups (broad SMARTS) is 1. The molecule has 0 bridgehead atoms. The van der Waals surface area contributed by atoms with Crippen molar-refractivity contribution in [3.63, 3.8) is 0 Å². The Bertz CT molecular complexity index is 319. The molecule has 1 aromatic rings. The Morgan fingerprint density at radius 1 is 1.77 bits per heavy atom. The van der Waals surface area contributed by atoms with Crippen LogP contribution in [0.15, 0.2) is 5.38 Å². The van der Waals surface area contributed by atoms with Crippen molar-refractivity contribution in [1.29, 1.82) is 0 Å². The highest BCUT2D eigenvalue weighted by molar-refractivity contribution is 7.09. The number of hydrogen-bond acceptors (Lipinski definition) is 3. The summed E-state index contributed by atoms with van der Waals surface area (Å²) in [6.45, 7) is 0.733. The van der Waals surface area contributed by atoms with Gasteiger partial charge in [-0.15, -0.1) is 11.3 Å². The van der Waals surface area contributed by atoms with Gasteiger partial charge in [-0.1, -0.05) is 0 Å². The van der Waals surface area contributed by atoms with Crippen LogP contribution in [0, 0.1) is 0 Å². The van der Waals surface area contributed by atoms with Crippen LogP contribution < -0.4 is 0 Å². The number of aromatic nitrogens is 1. The summed E-state index contributed by atoms with van der Waals surface area (Å²) in [7, 11) is 0. The fourth-order valence-electron chi connectivity index (χ4n) is 0.745. The lowest BCUT2D eigenvalue weighted by Gasteiger charge is -2.03. The minimum Gasteiger partial charge on any atom is -0.481 e. The van der Waals surface area contributed by atoms with E-state index < -0.39 is 11.9 Å². The summed E-state index contributed by atoms with van der Waals surface area (Å²) in [5.41, 5.74) is 0.175. The monoisotopic (exact) mass is 207 g/mol. The molecule has 1 heterocycles. The van der Waals surface area contributed by atoms with E-state index in [1.54, 1.807) is 0 Å². The van der Waals surface area contributed by atoms with Crippen molar-refractivity contribution in [2.45, 2.75) is 19.3 Å². The average Bonchev–Trinajstić information content (AvgIpc) is 2.32. The molecule has 0 spiro atoms. The van der Waals surface area contributed by atoms with E-state index in [9.17, 15) is 13.6 Å². The van der Waals surface area contributed by atoms with Crippen molar-refractivity contribution in [3.05, 3.63) is 16.1 Å². The van der Waals surface area contributed by atoms with Crippen LogP contribution in [0.25, 0.3) is 0 Å².